The van der Waals surface area contributed by atoms with Crippen molar-refractivity contribution in [2.45, 2.75) is 66.4 Å². The molecular weight excluding hydrogens is 518 g/mol. The highest BCUT2D eigenvalue weighted by atomic mass is 16.5. The molecular formula is C34H39NO6. The lowest BCUT2D eigenvalue weighted by molar-refractivity contribution is -0.142. The average Bonchev–Trinajstić information content (AvgIpc) is 3.27. The molecule has 7 heteroatoms. The zero-order chi connectivity index (χ0) is 29.7. The van der Waals surface area contributed by atoms with Crippen molar-refractivity contribution in [2.24, 2.45) is 0 Å². The second kappa shape index (κ2) is 12.5. The fourth-order valence-electron chi connectivity index (χ4n) is 4.73. The van der Waals surface area contributed by atoms with Crippen molar-refractivity contribution >= 4 is 22.8 Å². The summed E-state index contributed by atoms with van der Waals surface area (Å²) in [6.45, 7) is 14.4. The van der Waals surface area contributed by atoms with Gasteiger partial charge in [-0.3, -0.25) is 4.79 Å². The van der Waals surface area contributed by atoms with Gasteiger partial charge in [0.15, 0.2) is 0 Å². The van der Waals surface area contributed by atoms with Gasteiger partial charge in [-0.1, -0.05) is 45.0 Å². The van der Waals surface area contributed by atoms with E-state index in [9.17, 15) is 9.59 Å². The molecule has 0 aliphatic heterocycles. The standard InChI is InChI=1S/C34H39NO6/c1-8-38-29(36)20-27-32(33(37)39-9-2)31-26(35-27)18-19-28(41-25-16-12-23(13-17-25)34(5,6)7)30(31)22-10-14-24(15-11-22)40-21(3)4/h10-19,21,35H,8-9,20H2,1-7H3. The van der Waals surface area contributed by atoms with Gasteiger partial charge in [-0.2, -0.15) is 0 Å². The lowest BCUT2D eigenvalue weighted by atomic mass is 9.87. The number of aromatic amines is 1. The van der Waals surface area contributed by atoms with Crippen molar-refractivity contribution in [2.75, 3.05) is 13.2 Å². The number of hydrogen-bond donors (Lipinski definition) is 1. The normalized spacial score (nSPS) is 11.5. The zero-order valence-corrected chi connectivity index (χ0v) is 24.9. The monoisotopic (exact) mass is 557 g/mol. The number of esters is 2. The Hall–Kier alpha value is -4.26. The second-order valence-electron chi connectivity index (χ2n) is 11.1. The van der Waals surface area contributed by atoms with Gasteiger partial charge < -0.3 is 23.9 Å². The van der Waals surface area contributed by atoms with Crippen LogP contribution in [0.1, 0.15) is 70.1 Å². The fourth-order valence-corrected chi connectivity index (χ4v) is 4.73. The molecule has 1 aromatic heterocycles. The van der Waals surface area contributed by atoms with E-state index in [1.54, 1.807) is 13.8 Å². The summed E-state index contributed by atoms with van der Waals surface area (Å²) in [7, 11) is 0. The van der Waals surface area contributed by atoms with E-state index in [4.69, 9.17) is 18.9 Å². The second-order valence-corrected chi connectivity index (χ2v) is 11.1. The van der Waals surface area contributed by atoms with Crippen LogP contribution in [0.25, 0.3) is 22.0 Å². The number of fused-ring (bicyclic) bond motifs is 1. The van der Waals surface area contributed by atoms with Crippen LogP contribution in [0.3, 0.4) is 0 Å². The first-order valence-electron chi connectivity index (χ1n) is 14.1. The van der Waals surface area contributed by atoms with Crippen LogP contribution in [-0.2, 0) is 26.1 Å². The van der Waals surface area contributed by atoms with E-state index in [0.717, 1.165) is 11.3 Å². The summed E-state index contributed by atoms with van der Waals surface area (Å²) in [6, 6.07) is 19.4. The van der Waals surface area contributed by atoms with E-state index < -0.39 is 11.9 Å². The Bertz CT molecular complexity index is 1510. The molecule has 7 nitrogen and oxygen atoms in total. The highest BCUT2D eigenvalue weighted by molar-refractivity contribution is 6.13. The van der Waals surface area contributed by atoms with Crippen LogP contribution >= 0.6 is 0 Å². The molecule has 216 valence electrons. The topological polar surface area (TPSA) is 86.9 Å². The van der Waals surface area contributed by atoms with Crippen LogP contribution in [-0.4, -0.2) is 36.2 Å². The predicted octanol–water partition coefficient (Wildman–Crippen LogP) is 7.99. The van der Waals surface area contributed by atoms with Crippen molar-refractivity contribution in [3.8, 4) is 28.4 Å². The molecule has 0 fully saturated rings. The van der Waals surface area contributed by atoms with Crippen LogP contribution in [0.2, 0.25) is 0 Å². The Morgan fingerprint density at radius 1 is 0.829 bits per heavy atom. The van der Waals surface area contributed by atoms with Gasteiger partial charge in [0.25, 0.3) is 0 Å². The lowest BCUT2D eigenvalue weighted by Crippen LogP contribution is -2.13. The Morgan fingerprint density at radius 2 is 1.46 bits per heavy atom. The van der Waals surface area contributed by atoms with Gasteiger partial charge in [-0.05, 0) is 80.6 Å². The van der Waals surface area contributed by atoms with Crippen LogP contribution in [0.4, 0.5) is 0 Å². The van der Waals surface area contributed by atoms with E-state index >= 15 is 0 Å². The highest BCUT2D eigenvalue weighted by Crippen LogP contribution is 2.43. The number of benzene rings is 3. The Balaban J connectivity index is 1.92. The van der Waals surface area contributed by atoms with Gasteiger partial charge in [-0.25, -0.2) is 4.79 Å². The maximum Gasteiger partial charge on any atom is 0.340 e. The molecule has 0 amide bonds. The van der Waals surface area contributed by atoms with Crippen LogP contribution in [0.5, 0.6) is 17.2 Å². The summed E-state index contributed by atoms with van der Waals surface area (Å²) in [4.78, 5) is 29.1. The summed E-state index contributed by atoms with van der Waals surface area (Å²) in [5, 5.41) is 0.615. The third-order valence-electron chi connectivity index (χ3n) is 6.57. The van der Waals surface area contributed by atoms with Gasteiger partial charge in [0.2, 0.25) is 0 Å². The Morgan fingerprint density at radius 3 is 2.05 bits per heavy atom. The third-order valence-corrected chi connectivity index (χ3v) is 6.57. The fraction of sp³-hybridized carbons (Fsp3) is 0.353. The summed E-state index contributed by atoms with van der Waals surface area (Å²) in [5.41, 5.74) is 4.14. The first-order valence-corrected chi connectivity index (χ1v) is 14.1. The number of carbonyl (C=O) groups excluding carboxylic acids is 2. The van der Waals surface area contributed by atoms with E-state index in [1.165, 1.54) is 5.56 Å². The van der Waals surface area contributed by atoms with Gasteiger partial charge in [-0.15, -0.1) is 0 Å². The zero-order valence-electron chi connectivity index (χ0n) is 24.9. The largest absolute Gasteiger partial charge is 0.491 e. The maximum absolute atomic E-state index is 13.4. The molecule has 0 aliphatic rings. The minimum absolute atomic E-state index is 0.0113. The number of carbonyl (C=O) groups is 2. The number of nitrogens with one attached hydrogen (secondary N) is 1. The minimum atomic E-state index is -0.522. The van der Waals surface area contributed by atoms with Gasteiger partial charge in [0.05, 0.1) is 31.3 Å². The quantitative estimate of drug-likeness (QED) is 0.199. The Kier molecular flexibility index (Phi) is 9.06. The van der Waals surface area contributed by atoms with Crippen LogP contribution < -0.4 is 9.47 Å². The molecule has 0 aliphatic carbocycles. The number of hydrogen-bond acceptors (Lipinski definition) is 6. The maximum atomic E-state index is 13.4. The van der Waals surface area contributed by atoms with E-state index in [2.05, 4.69) is 37.9 Å². The molecule has 41 heavy (non-hydrogen) atoms. The average molecular weight is 558 g/mol. The molecule has 0 bridgehead atoms. The van der Waals surface area contributed by atoms with Crippen molar-refractivity contribution < 1.29 is 28.5 Å². The molecule has 0 spiro atoms. The summed E-state index contributed by atoms with van der Waals surface area (Å²) >= 11 is 0. The van der Waals surface area contributed by atoms with Gasteiger partial charge in [0.1, 0.15) is 17.2 Å². The SMILES string of the molecule is CCOC(=O)Cc1[nH]c2ccc(Oc3ccc(C(C)(C)C)cc3)c(-c3ccc(OC(C)C)cc3)c2c1C(=O)OCC. The number of H-pyrrole nitrogens is 1. The molecule has 0 saturated carbocycles. The molecule has 0 radical (unpaired) electrons. The smallest absolute Gasteiger partial charge is 0.340 e. The molecule has 0 unspecified atom stereocenters. The minimum Gasteiger partial charge on any atom is -0.491 e. The first-order chi connectivity index (χ1) is 19.5. The molecule has 4 aromatic rings. The van der Waals surface area contributed by atoms with Crippen molar-refractivity contribution in [1.82, 2.24) is 4.98 Å². The van der Waals surface area contributed by atoms with Gasteiger partial charge in [0, 0.05) is 22.2 Å². The number of rotatable bonds is 10. The number of aromatic nitrogens is 1. The van der Waals surface area contributed by atoms with Crippen molar-refractivity contribution in [1.29, 1.82) is 0 Å². The summed E-state index contributed by atoms with van der Waals surface area (Å²) in [5.74, 6) is 1.01. The molecule has 0 saturated heterocycles. The Labute approximate surface area is 241 Å². The highest BCUT2D eigenvalue weighted by Gasteiger charge is 2.27. The predicted molar refractivity (Wildman–Crippen MR) is 161 cm³/mol. The molecule has 4 rings (SSSR count). The van der Waals surface area contributed by atoms with E-state index in [-0.39, 0.29) is 31.2 Å². The summed E-state index contributed by atoms with van der Waals surface area (Å²) in [6.07, 6.45) is -0.0633. The van der Waals surface area contributed by atoms with Crippen LogP contribution in [0, 0.1) is 0 Å². The first kappa shape index (κ1) is 29.7. The molecule has 3 aromatic carbocycles. The van der Waals surface area contributed by atoms with E-state index in [0.29, 0.717) is 39.2 Å². The lowest BCUT2D eigenvalue weighted by Gasteiger charge is -2.19. The van der Waals surface area contributed by atoms with Crippen molar-refractivity contribution in [3.05, 3.63) is 77.5 Å². The molecule has 0 atom stereocenters. The molecule has 1 heterocycles. The number of ether oxygens (including phenoxy) is 4. The van der Waals surface area contributed by atoms with Crippen LogP contribution in [0.15, 0.2) is 60.7 Å². The summed E-state index contributed by atoms with van der Waals surface area (Å²) < 4.78 is 23.0. The van der Waals surface area contributed by atoms with Gasteiger partial charge >= 0.3 is 11.9 Å². The molecule has 1 N–H and O–H groups in total. The van der Waals surface area contributed by atoms with Crippen molar-refractivity contribution in [3.63, 3.8) is 0 Å². The van der Waals surface area contributed by atoms with E-state index in [1.807, 2.05) is 62.4 Å². The third kappa shape index (κ3) is 6.91.